The fourth-order valence-electron chi connectivity index (χ4n) is 3.37. The summed E-state index contributed by atoms with van der Waals surface area (Å²) in [7, 11) is 0. The number of alkyl halides is 6. The van der Waals surface area contributed by atoms with Gasteiger partial charge < -0.3 is 20.5 Å². The summed E-state index contributed by atoms with van der Waals surface area (Å²) in [4.78, 5) is 11.8. The number of benzene rings is 1. The van der Waals surface area contributed by atoms with E-state index in [1.165, 1.54) is 13.0 Å². The molecule has 0 saturated heterocycles. The summed E-state index contributed by atoms with van der Waals surface area (Å²) in [6, 6.07) is 3.98. The molecule has 0 aliphatic heterocycles. The van der Waals surface area contributed by atoms with Crippen LogP contribution in [0, 0.1) is 6.92 Å². The van der Waals surface area contributed by atoms with Crippen molar-refractivity contribution in [3.05, 3.63) is 47.0 Å². The third-order valence-electron chi connectivity index (χ3n) is 5.06. The van der Waals surface area contributed by atoms with Crippen molar-refractivity contribution in [2.75, 3.05) is 24.3 Å². The van der Waals surface area contributed by atoms with E-state index in [9.17, 15) is 26.3 Å². The summed E-state index contributed by atoms with van der Waals surface area (Å²) in [6.45, 7) is 1.32. The maximum Gasteiger partial charge on any atom is 0.433 e. The average Bonchev–Trinajstić information content (AvgIpc) is 3.57. The molecule has 1 aliphatic rings. The standard InChI is InChI=1S/C22H21F6N5O2/c1-11-31-17-9-16(21(23,24)25)18(35-5-4-34-14-2-3-14)8-15(17)20(32-11)30-10-13-6-12(29)7-19(33-13)22(26,27)28/h6-9,14H,2-5,10H2,1H3,(H2,29,33)(H,30,31,32). The van der Waals surface area contributed by atoms with Gasteiger partial charge in [0.25, 0.3) is 0 Å². The molecule has 2 heterocycles. The number of fused-ring (bicyclic) bond motifs is 1. The second kappa shape index (κ2) is 9.36. The first kappa shape index (κ1) is 24.8. The molecule has 0 bridgehead atoms. The molecule has 188 valence electrons. The highest BCUT2D eigenvalue weighted by Gasteiger charge is 2.36. The van der Waals surface area contributed by atoms with Crippen LogP contribution in [0.5, 0.6) is 5.75 Å². The number of nitrogens with two attached hydrogens (primary N) is 1. The van der Waals surface area contributed by atoms with Gasteiger partial charge in [0.1, 0.15) is 29.7 Å². The van der Waals surface area contributed by atoms with Crippen molar-refractivity contribution in [3.63, 3.8) is 0 Å². The number of aryl methyl sites for hydroxylation is 1. The van der Waals surface area contributed by atoms with E-state index in [-0.39, 0.29) is 59.8 Å². The molecule has 7 nitrogen and oxygen atoms in total. The van der Waals surface area contributed by atoms with Crippen molar-refractivity contribution in [1.82, 2.24) is 15.0 Å². The summed E-state index contributed by atoms with van der Waals surface area (Å²) >= 11 is 0. The van der Waals surface area contributed by atoms with Crippen molar-refractivity contribution in [2.45, 2.75) is 44.8 Å². The quantitative estimate of drug-likeness (QED) is 0.327. The molecular formula is C22H21F6N5O2. The fraction of sp³-hybridized carbons (Fsp3) is 0.409. The number of aromatic nitrogens is 3. The normalized spacial score (nSPS) is 14.4. The van der Waals surface area contributed by atoms with Gasteiger partial charge in [-0.3, -0.25) is 0 Å². The lowest BCUT2D eigenvalue weighted by Crippen LogP contribution is -2.14. The van der Waals surface area contributed by atoms with Crippen LogP contribution in [0.4, 0.5) is 37.8 Å². The third kappa shape index (κ3) is 6.21. The summed E-state index contributed by atoms with van der Waals surface area (Å²) in [6.07, 6.45) is -7.43. The molecule has 1 aromatic carbocycles. The van der Waals surface area contributed by atoms with Crippen molar-refractivity contribution in [1.29, 1.82) is 0 Å². The Kier molecular flexibility index (Phi) is 6.62. The first-order valence-electron chi connectivity index (χ1n) is 10.6. The van der Waals surface area contributed by atoms with Crippen molar-refractivity contribution in [2.24, 2.45) is 0 Å². The van der Waals surface area contributed by atoms with E-state index < -0.39 is 29.4 Å². The maximum absolute atomic E-state index is 13.7. The third-order valence-corrected chi connectivity index (χ3v) is 5.06. The molecule has 1 aliphatic carbocycles. The Hall–Kier alpha value is -3.35. The molecule has 0 amide bonds. The monoisotopic (exact) mass is 501 g/mol. The highest BCUT2D eigenvalue weighted by molar-refractivity contribution is 5.91. The zero-order valence-corrected chi connectivity index (χ0v) is 18.4. The van der Waals surface area contributed by atoms with Gasteiger partial charge in [0, 0.05) is 11.1 Å². The van der Waals surface area contributed by atoms with E-state index in [4.69, 9.17) is 15.2 Å². The summed E-state index contributed by atoms with van der Waals surface area (Å²) < 4.78 is 91.0. The van der Waals surface area contributed by atoms with Gasteiger partial charge in [-0.15, -0.1) is 0 Å². The fourth-order valence-corrected chi connectivity index (χ4v) is 3.37. The SMILES string of the molecule is Cc1nc(NCc2cc(N)cc(C(F)(F)F)n2)c2cc(OCCOC3CC3)c(C(F)(F)F)cc2n1. The number of hydrogen-bond donors (Lipinski definition) is 2. The Labute approximate surface area is 195 Å². The van der Waals surface area contributed by atoms with Gasteiger partial charge in [0.2, 0.25) is 0 Å². The number of hydrogen-bond acceptors (Lipinski definition) is 7. The van der Waals surface area contributed by atoms with Crippen LogP contribution >= 0.6 is 0 Å². The van der Waals surface area contributed by atoms with Crippen LogP contribution in [0.25, 0.3) is 10.9 Å². The molecule has 0 atom stereocenters. The average molecular weight is 501 g/mol. The number of pyridine rings is 1. The zero-order valence-electron chi connectivity index (χ0n) is 18.4. The number of halogens is 6. The largest absolute Gasteiger partial charge is 0.491 e. The molecule has 1 saturated carbocycles. The predicted molar refractivity (Wildman–Crippen MR) is 115 cm³/mol. The van der Waals surface area contributed by atoms with Gasteiger partial charge >= 0.3 is 12.4 Å². The molecule has 3 N–H and O–H groups in total. The van der Waals surface area contributed by atoms with E-state index in [1.54, 1.807) is 0 Å². The molecular weight excluding hydrogens is 480 g/mol. The molecule has 3 aromatic rings. The van der Waals surface area contributed by atoms with Crippen LogP contribution in [0.3, 0.4) is 0 Å². The van der Waals surface area contributed by atoms with Crippen molar-refractivity contribution >= 4 is 22.4 Å². The van der Waals surface area contributed by atoms with Gasteiger partial charge in [-0.05, 0) is 44.0 Å². The van der Waals surface area contributed by atoms with E-state index in [0.717, 1.165) is 25.0 Å². The Bertz CT molecular complexity index is 1230. The van der Waals surface area contributed by atoms with Gasteiger partial charge in [-0.2, -0.15) is 26.3 Å². The Morgan fingerprint density at radius 3 is 2.37 bits per heavy atom. The topological polar surface area (TPSA) is 95.2 Å². The lowest BCUT2D eigenvalue weighted by molar-refractivity contribution is -0.141. The minimum absolute atomic E-state index is 0.00887. The first-order chi connectivity index (χ1) is 16.4. The zero-order chi connectivity index (χ0) is 25.4. The van der Waals surface area contributed by atoms with Crippen LogP contribution in [0.1, 0.15) is 35.6 Å². The van der Waals surface area contributed by atoms with Crippen molar-refractivity contribution in [3.8, 4) is 5.75 Å². The molecule has 0 radical (unpaired) electrons. The highest BCUT2D eigenvalue weighted by atomic mass is 19.4. The first-order valence-corrected chi connectivity index (χ1v) is 10.6. The van der Waals surface area contributed by atoms with E-state index in [2.05, 4.69) is 20.3 Å². The van der Waals surface area contributed by atoms with Crippen LogP contribution in [-0.4, -0.2) is 34.3 Å². The van der Waals surface area contributed by atoms with Crippen LogP contribution in [0.15, 0.2) is 24.3 Å². The molecule has 2 aromatic heterocycles. The minimum Gasteiger partial charge on any atom is -0.491 e. The number of anilines is 2. The summed E-state index contributed by atoms with van der Waals surface area (Å²) in [5.74, 6) is -0.157. The van der Waals surface area contributed by atoms with Crippen LogP contribution in [-0.2, 0) is 23.6 Å². The molecule has 13 heteroatoms. The van der Waals surface area contributed by atoms with E-state index in [0.29, 0.717) is 6.07 Å². The molecule has 0 unspecified atom stereocenters. The molecule has 35 heavy (non-hydrogen) atoms. The Morgan fingerprint density at radius 2 is 1.71 bits per heavy atom. The number of rotatable bonds is 8. The summed E-state index contributed by atoms with van der Waals surface area (Å²) in [5.41, 5.74) is 3.24. The predicted octanol–water partition coefficient (Wildman–Crippen LogP) is 5.12. The van der Waals surface area contributed by atoms with Crippen molar-refractivity contribution < 1.29 is 35.8 Å². The molecule has 4 rings (SSSR count). The number of ether oxygens (including phenoxy) is 2. The molecule has 0 spiro atoms. The Balaban J connectivity index is 1.64. The van der Waals surface area contributed by atoms with Crippen LogP contribution in [0.2, 0.25) is 0 Å². The summed E-state index contributed by atoms with van der Waals surface area (Å²) in [5, 5.41) is 3.02. The molecule has 1 fully saturated rings. The van der Waals surface area contributed by atoms with Gasteiger partial charge in [0.05, 0.1) is 36.0 Å². The lowest BCUT2D eigenvalue weighted by atomic mass is 10.1. The number of nitrogen functional groups attached to an aromatic ring is 1. The van der Waals surface area contributed by atoms with Gasteiger partial charge in [-0.1, -0.05) is 0 Å². The minimum atomic E-state index is -4.70. The van der Waals surface area contributed by atoms with Crippen LogP contribution < -0.4 is 15.8 Å². The van der Waals surface area contributed by atoms with E-state index in [1.807, 2.05) is 0 Å². The van der Waals surface area contributed by atoms with Gasteiger partial charge in [0.15, 0.2) is 0 Å². The lowest BCUT2D eigenvalue weighted by Gasteiger charge is -2.17. The smallest absolute Gasteiger partial charge is 0.433 e. The van der Waals surface area contributed by atoms with Gasteiger partial charge in [-0.25, -0.2) is 15.0 Å². The van der Waals surface area contributed by atoms with E-state index >= 15 is 0 Å². The maximum atomic E-state index is 13.7. The highest BCUT2D eigenvalue weighted by Crippen LogP contribution is 2.40. The number of nitrogens with zero attached hydrogens (tertiary/aromatic N) is 3. The Morgan fingerprint density at radius 1 is 0.971 bits per heavy atom. The number of nitrogens with one attached hydrogen (secondary N) is 1. The second-order valence-electron chi connectivity index (χ2n) is 8.03. The second-order valence-corrected chi connectivity index (χ2v) is 8.03.